The van der Waals surface area contributed by atoms with Gasteiger partial charge in [0.15, 0.2) is 0 Å². The third-order valence-corrected chi connectivity index (χ3v) is 1.19. The maximum Gasteiger partial charge on any atom is 2.00 e. The predicted molar refractivity (Wildman–Crippen MR) is 54.2 cm³/mol. The first kappa shape index (κ1) is 31.2. The molecular weight excluding hydrogens is 399 g/mol. The van der Waals surface area contributed by atoms with Crippen molar-refractivity contribution in [1.29, 1.82) is 0 Å². The number of aliphatic carboxylic acids is 2. The smallest absolute Gasteiger partial charge is 0.542 e. The van der Waals surface area contributed by atoms with E-state index in [0.717, 1.165) is 6.92 Å². The van der Waals surface area contributed by atoms with Gasteiger partial charge in [-0.05, 0) is 6.92 Å². The van der Waals surface area contributed by atoms with Gasteiger partial charge in [0.2, 0.25) is 5.78 Å². The molecule has 0 unspecified atom stereocenters. The van der Waals surface area contributed by atoms with Gasteiger partial charge in [0.05, 0.1) is 6.42 Å². The van der Waals surface area contributed by atoms with Gasteiger partial charge in [0, 0.05) is 0 Å². The Hall–Kier alpha value is -1.58. The third-order valence-electron chi connectivity index (χ3n) is 1.19. The van der Waals surface area contributed by atoms with E-state index in [1.165, 1.54) is 0 Å². The van der Waals surface area contributed by atoms with Crippen molar-refractivity contribution in [3.8, 4) is 0 Å². The van der Waals surface area contributed by atoms with Crippen LogP contribution in [0.4, 0.5) is 39.5 Å². The second kappa shape index (κ2) is 11.9. The second-order valence-corrected chi connectivity index (χ2v) is 3.37. The molecule has 0 aliphatic rings. The molecule has 25 heavy (non-hydrogen) atoms. The standard InChI is InChI=1S/C5H5F3O2.2C2HF3O2.Mg/c1-3(9)2-4(10)5(6,7)8;2*3-2(4,5)1(6)7;/h2H2,1H3;2*(H,6,7);/q;;;+2/p-2. The van der Waals surface area contributed by atoms with Gasteiger partial charge in [-0.25, -0.2) is 0 Å². The molecule has 0 amide bonds. The molecule has 0 radical (unpaired) electrons. The Morgan fingerprint density at radius 2 is 0.880 bits per heavy atom. The molecule has 0 rings (SSSR count). The maximum atomic E-state index is 11.3. The van der Waals surface area contributed by atoms with Gasteiger partial charge >= 0.3 is 41.6 Å². The number of hydrogen-bond donors (Lipinski definition) is 0. The Bertz CT molecular complexity index is 442. The molecule has 0 fully saturated rings. The van der Waals surface area contributed by atoms with Crippen LogP contribution in [0.3, 0.4) is 0 Å². The summed E-state index contributed by atoms with van der Waals surface area (Å²) < 4.78 is 97.0. The van der Waals surface area contributed by atoms with Crippen molar-refractivity contribution >= 4 is 46.6 Å². The molecule has 0 N–H and O–H groups in total. The van der Waals surface area contributed by atoms with Crippen molar-refractivity contribution in [2.45, 2.75) is 31.9 Å². The number of halogens is 9. The minimum atomic E-state index is -5.19. The van der Waals surface area contributed by atoms with E-state index in [1.54, 1.807) is 0 Å². The van der Waals surface area contributed by atoms with Crippen molar-refractivity contribution in [2.75, 3.05) is 0 Å². The molecule has 0 aliphatic heterocycles. The molecule has 142 valence electrons. The molecule has 0 atom stereocenters. The topological polar surface area (TPSA) is 114 Å². The van der Waals surface area contributed by atoms with Crippen LogP contribution >= 0.6 is 0 Å². The normalized spacial score (nSPS) is 10.8. The van der Waals surface area contributed by atoms with E-state index in [2.05, 4.69) is 0 Å². The van der Waals surface area contributed by atoms with E-state index in [4.69, 9.17) is 19.8 Å². The molecule has 6 nitrogen and oxygen atoms in total. The zero-order valence-electron chi connectivity index (χ0n) is 11.8. The number of Topliss-reactive ketones (excluding diaryl/α,β-unsaturated/α-hetero) is 2. The van der Waals surface area contributed by atoms with Crippen molar-refractivity contribution < 1.29 is 68.9 Å². The largest absolute Gasteiger partial charge is 2.00 e. The summed E-state index contributed by atoms with van der Waals surface area (Å²) in [6.45, 7) is 0.934. The Balaban J connectivity index is -0.000000133. The molecule has 0 spiro atoms. The molecule has 0 saturated heterocycles. The van der Waals surface area contributed by atoms with Crippen LogP contribution < -0.4 is 10.2 Å². The minimum Gasteiger partial charge on any atom is -0.542 e. The molecule has 0 aromatic carbocycles. The number of carbonyl (C=O) groups is 4. The quantitative estimate of drug-likeness (QED) is 0.342. The van der Waals surface area contributed by atoms with Crippen LogP contribution in [0.15, 0.2) is 0 Å². The summed E-state index contributed by atoms with van der Waals surface area (Å²) in [4.78, 5) is 37.5. The average Bonchev–Trinajstić information content (AvgIpc) is 2.25. The zero-order valence-corrected chi connectivity index (χ0v) is 13.2. The van der Waals surface area contributed by atoms with Gasteiger partial charge < -0.3 is 19.8 Å². The second-order valence-electron chi connectivity index (χ2n) is 3.37. The summed E-state index contributed by atoms with van der Waals surface area (Å²) in [7, 11) is 0. The predicted octanol–water partition coefficient (Wildman–Crippen LogP) is -0.687. The Labute approximate surface area is 148 Å². The molecule has 0 bridgehead atoms. The summed E-state index contributed by atoms with van der Waals surface area (Å²) in [6.07, 6.45) is -16.3. The number of hydrogen-bond acceptors (Lipinski definition) is 6. The zero-order chi connectivity index (χ0) is 20.5. The Morgan fingerprint density at radius 1 is 0.680 bits per heavy atom. The molecule has 0 saturated carbocycles. The van der Waals surface area contributed by atoms with Crippen LogP contribution in [0.5, 0.6) is 0 Å². The van der Waals surface area contributed by atoms with E-state index in [1.807, 2.05) is 0 Å². The van der Waals surface area contributed by atoms with Gasteiger partial charge in [-0.2, -0.15) is 39.5 Å². The van der Waals surface area contributed by atoms with Gasteiger partial charge in [-0.15, -0.1) is 0 Å². The van der Waals surface area contributed by atoms with E-state index >= 15 is 0 Å². The van der Waals surface area contributed by atoms with Crippen LogP contribution in [0.2, 0.25) is 0 Å². The molecule has 0 aromatic rings. The molecule has 0 heterocycles. The van der Waals surface area contributed by atoms with Crippen molar-refractivity contribution in [1.82, 2.24) is 0 Å². The van der Waals surface area contributed by atoms with E-state index in [-0.39, 0.29) is 23.1 Å². The van der Waals surface area contributed by atoms with Crippen molar-refractivity contribution in [2.24, 2.45) is 0 Å². The number of ketones is 2. The SMILES string of the molecule is CC(=O)CC(=O)C(F)(F)F.O=C([O-])C(F)(F)F.O=C([O-])C(F)(F)F.[Mg+2]. The molecule has 0 aliphatic carbocycles. The average molecular weight is 404 g/mol. The Morgan fingerprint density at radius 3 is 0.920 bits per heavy atom. The number of alkyl halides is 9. The first-order valence-corrected chi connectivity index (χ1v) is 4.88. The molecule has 16 heteroatoms. The Kier molecular flexibility index (Phi) is 14.8. The van der Waals surface area contributed by atoms with Gasteiger partial charge in [0.25, 0.3) is 0 Å². The van der Waals surface area contributed by atoms with Gasteiger partial charge in [-0.1, -0.05) is 0 Å². The summed E-state index contributed by atoms with van der Waals surface area (Å²) in [5.74, 6) is -8.78. The van der Waals surface area contributed by atoms with E-state index in [0.29, 0.717) is 0 Å². The summed E-state index contributed by atoms with van der Waals surface area (Å²) >= 11 is 0. The molecular formula is C9H5F9MgO6. The number of carbonyl (C=O) groups excluding carboxylic acids is 4. The van der Waals surface area contributed by atoms with E-state index in [9.17, 15) is 49.1 Å². The number of carboxylic acid groups (broad SMARTS) is 2. The summed E-state index contributed by atoms with van der Waals surface area (Å²) in [5, 5.41) is 17.6. The molecule has 0 aromatic heterocycles. The van der Waals surface area contributed by atoms with E-state index < -0.39 is 48.5 Å². The number of rotatable bonds is 2. The van der Waals surface area contributed by atoms with Crippen molar-refractivity contribution in [3.63, 3.8) is 0 Å². The number of carboxylic acids is 2. The minimum absolute atomic E-state index is 0. The monoisotopic (exact) mass is 404 g/mol. The van der Waals surface area contributed by atoms with Crippen molar-refractivity contribution in [3.05, 3.63) is 0 Å². The fourth-order valence-corrected chi connectivity index (χ4v) is 0.326. The van der Waals surface area contributed by atoms with Gasteiger partial charge in [-0.3, -0.25) is 9.59 Å². The van der Waals surface area contributed by atoms with Crippen LogP contribution in [0.1, 0.15) is 13.3 Å². The van der Waals surface area contributed by atoms with Crippen LogP contribution in [0.25, 0.3) is 0 Å². The summed E-state index contributed by atoms with van der Waals surface area (Å²) in [5.41, 5.74) is 0. The maximum absolute atomic E-state index is 11.3. The van der Waals surface area contributed by atoms with Crippen LogP contribution in [0, 0.1) is 0 Å². The fraction of sp³-hybridized carbons (Fsp3) is 0.556. The fourth-order valence-electron chi connectivity index (χ4n) is 0.326. The first-order chi connectivity index (χ1) is 10.2. The van der Waals surface area contributed by atoms with Crippen LogP contribution in [-0.2, 0) is 19.2 Å². The summed E-state index contributed by atoms with van der Waals surface area (Å²) in [6, 6.07) is 0. The first-order valence-electron chi connectivity index (χ1n) is 4.88. The third kappa shape index (κ3) is 22.4. The van der Waals surface area contributed by atoms with Gasteiger partial charge in [0.1, 0.15) is 17.7 Å². The van der Waals surface area contributed by atoms with Crippen LogP contribution in [-0.4, -0.2) is 65.1 Å².